The summed E-state index contributed by atoms with van der Waals surface area (Å²) in [5, 5.41) is 2.80. The minimum atomic E-state index is -0.189. The van der Waals surface area contributed by atoms with Crippen LogP contribution in [-0.2, 0) is 17.8 Å². The maximum absolute atomic E-state index is 13.0. The summed E-state index contributed by atoms with van der Waals surface area (Å²) in [7, 11) is 0. The van der Waals surface area contributed by atoms with Gasteiger partial charge in [0.25, 0.3) is 0 Å². The number of hydrogen-bond donors (Lipinski definition) is 1. The van der Waals surface area contributed by atoms with E-state index < -0.39 is 0 Å². The molecular formula is C20H24FN3O. The number of benzene rings is 1. The molecule has 0 saturated carbocycles. The standard InChI is InChI=1S/C20H24FN3O/c1-15(25)23-14-19-13-17(8-10-22-19)20-3-2-11-24(20)12-9-16-4-6-18(21)7-5-16/h4-8,10,13,20H,2-3,9,11-12,14H2,1H3,(H,23,25). The van der Waals surface area contributed by atoms with Gasteiger partial charge in [0.1, 0.15) is 5.82 Å². The first-order chi connectivity index (χ1) is 12.1. The topological polar surface area (TPSA) is 45.2 Å². The number of hydrogen-bond acceptors (Lipinski definition) is 3. The van der Waals surface area contributed by atoms with Crippen molar-refractivity contribution < 1.29 is 9.18 Å². The molecule has 5 heteroatoms. The van der Waals surface area contributed by atoms with E-state index in [2.05, 4.69) is 27.3 Å². The van der Waals surface area contributed by atoms with Gasteiger partial charge in [-0.05, 0) is 61.2 Å². The molecule has 1 amide bonds. The Bertz CT molecular complexity index is 717. The van der Waals surface area contributed by atoms with Gasteiger partial charge in [0, 0.05) is 25.7 Å². The third-order valence-corrected chi connectivity index (χ3v) is 4.71. The summed E-state index contributed by atoms with van der Waals surface area (Å²) in [6.45, 7) is 4.01. The van der Waals surface area contributed by atoms with Gasteiger partial charge in [0.15, 0.2) is 0 Å². The summed E-state index contributed by atoms with van der Waals surface area (Å²) in [4.78, 5) is 17.9. The fourth-order valence-corrected chi connectivity index (χ4v) is 3.41. The molecule has 1 atom stereocenters. The molecule has 0 bridgehead atoms. The Hall–Kier alpha value is -2.27. The zero-order chi connectivity index (χ0) is 17.6. The zero-order valence-electron chi connectivity index (χ0n) is 14.5. The molecule has 0 spiro atoms. The Morgan fingerprint density at radius 1 is 1.32 bits per heavy atom. The largest absolute Gasteiger partial charge is 0.351 e. The molecular weight excluding hydrogens is 317 g/mol. The van der Waals surface area contributed by atoms with Crippen molar-refractivity contribution in [1.29, 1.82) is 0 Å². The fraction of sp³-hybridized carbons (Fsp3) is 0.400. The normalized spacial score (nSPS) is 17.6. The average Bonchev–Trinajstić information content (AvgIpc) is 3.08. The lowest BCUT2D eigenvalue weighted by molar-refractivity contribution is -0.119. The number of halogens is 1. The van der Waals surface area contributed by atoms with Gasteiger partial charge in [-0.2, -0.15) is 0 Å². The van der Waals surface area contributed by atoms with E-state index in [1.54, 1.807) is 0 Å². The second kappa shape index (κ2) is 8.21. The molecule has 2 aromatic rings. The van der Waals surface area contributed by atoms with Crippen molar-refractivity contribution >= 4 is 5.91 Å². The number of nitrogens with one attached hydrogen (secondary N) is 1. The third kappa shape index (κ3) is 4.86. The highest BCUT2D eigenvalue weighted by molar-refractivity contribution is 5.72. The van der Waals surface area contributed by atoms with Crippen LogP contribution in [0.25, 0.3) is 0 Å². The van der Waals surface area contributed by atoms with Crippen LogP contribution >= 0.6 is 0 Å². The lowest BCUT2D eigenvalue weighted by atomic mass is 10.0. The van der Waals surface area contributed by atoms with Crippen molar-refractivity contribution in [3.8, 4) is 0 Å². The Balaban J connectivity index is 1.63. The van der Waals surface area contributed by atoms with E-state index in [0.29, 0.717) is 12.6 Å². The highest BCUT2D eigenvalue weighted by atomic mass is 19.1. The molecule has 1 aliphatic rings. The Morgan fingerprint density at radius 2 is 2.12 bits per heavy atom. The predicted molar refractivity (Wildman–Crippen MR) is 95.4 cm³/mol. The van der Waals surface area contributed by atoms with Gasteiger partial charge in [-0.1, -0.05) is 12.1 Å². The average molecular weight is 341 g/mol. The SMILES string of the molecule is CC(=O)NCc1cc(C2CCCN2CCc2ccc(F)cc2)ccn1. The summed E-state index contributed by atoms with van der Waals surface area (Å²) < 4.78 is 13.0. The number of pyridine rings is 1. The number of rotatable bonds is 6. The highest BCUT2D eigenvalue weighted by Crippen LogP contribution is 2.32. The van der Waals surface area contributed by atoms with E-state index in [1.165, 1.54) is 31.0 Å². The third-order valence-electron chi connectivity index (χ3n) is 4.71. The smallest absolute Gasteiger partial charge is 0.217 e. The van der Waals surface area contributed by atoms with Crippen LogP contribution in [0.15, 0.2) is 42.6 Å². The van der Waals surface area contributed by atoms with Crippen LogP contribution in [-0.4, -0.2) is 28.9 Å². The van der Waals surface area contributed by atoms with Crippen molar-refractivity contribution in [2.45, 2.75) is 38.8 Å². The van der Waals surface area contributed by atoms with Gasteiger partial charge in [-0.25, -0.2) is 4.39 Å². The lowest BCUT2D eigenvalue weighted by Crippen LogP contribution is -2.26. The van der Waals surface area contributed by atoms with Gasteiger partial charge in [0.2, 0.25) is 5.91 Å². The summed E-state index contributed by atoms with van der Waals surface area (Å²) in [6.07, 6.45) is 5.05. The van der Waals surface area contributed by atoms with Crippen LogP contribution in [0.3, 0.4) is 0 Å². The van der Waals surface area contributed by atoms with Gasteiger partial charge >= 0.3 is 0 Å². The van der Waals surface area contributed by atoms with E-state index in [1.807, 2.05) is 18.3 Å². The van der Waals surface area contributed by atoms with Crippen LogP contribution in [0.4, 0.5) is 4.39 Å². The first-order valence-electron chi connectivity index (χ1n) is 8.79. The van der Waals surface area contributed by atoms with Gasteiger partial charge in [-0.15, -0.1) is 0 Å². The van der Waals surface area contributed by atoms with Crippen LogP contribution in [0, 0.1) is 5.82 Å². The van der Waals surface area contributed by atoms with Crippen molar-refractivity contribution in [2.75, 3.05) is 13.1 Å². The molecule has 1 aromatic carbocycles. The predicted octanol–water partition coefficient (Wildman–Crippen LogP) is 3.24. The molecule has 0 radical (unpaired) electrons. The second-order valence-electron chi connectivity index (χ2n) is 6.56. The lowest BCUT2D eigenvalue weighted by Gasteiger charge is -2.25. The Kier molecular flexibility index (Phi) is 5.76. The Labute approximate surface area is 148 Å². The first-order valence-corrected chi connectivity index (χ1v) is 8.79. The van der Waals surface area contributed by atoms with Gasteiger partial charge < -0.3 is 5.32 Å². The fourth-order valence-electron chi connectivity index (χ4n) is 3.41. The van der Waals surface area contributed by atoms with E-state index in [-0.39, 0.29) is 11.7 Å². The molecule has 4 nitrogen and oxygen atoms in total. The van der Waals surface area contributed by atoms with Crippen molar-refractivity contribution in [2.24, 2.45) is 0 Å². The highest BCUT2D eigenvalue weighted by Gasteiger charge is 2.25. The summed E-state index contributed by atoms with van der Waals surface area (Å²) in [5.74, 6) is -0.236. The molecule has 1 saturated heterocycles. The van der Waals surface area contributed by atoms with Crippen LogP contribution in [0.2, 0.25) is 0 Å². The quantitative estimate of drug-likeness (QED) is 0.877. The minimum Gasteiger partial charge on any atom is -0.351 e. The maximum atomic E-state index is 13.0. The van der Waals surface area contributed by atoms with Gasteiger partial charge in [0.05, 0.1) is 12.2 Å². The summed E-state index contributed by atoms with van der Waals surface area (Å²) in [5.41, 5.74) is 3.30. The summed E-state index contributed by atoms with van der Waals surface area (Å²) >= 11 is 0. The zero-order valence-corrected chi connectivity index (χ0v) is 14.5. The molecule has 1 aliphatic heterocycles. The van der Waals surface area contributed by atoms with Crippen LogP contribution < -0.4 is 5.32 Å². The number of amides is 1. The molecule has 1 N–H and O–H groups in total. The Morgan fingerprint density at radius 3 is 2.88 bits per heavy atom. The molecule has 0 aliphatic carbocycles. The molecule has 132 valence electrons. The molecule has 2 heterocycles. The van der Waals surface area contributed by atoms with Crippen LogP contribution in [0.1, 0.15) is 42.6 Å². The number of aromatic nitrogens is 1. The second-order valence-corrected chi connectivity index (χ2v) is 6.56. The minimum absolute atomic E-state index is 0.0472. The number of likely N-dealkylation sites (tertiary alicyclic amines) is 1. The summed E-state index contributed by atoms with van der Waals surface area (Å²) in [6, 6.07) is 11.3. The van der Waals surface area contributed by atoms with E-state index >= 15 is 0 Å². The van der Waals surface area contributed by atoms with Gasteiger partial charge in [-0.3, -0.25) is 14.7 Å². The number of carbonyl (C=O) groups excluding carboxylic acids is 1. The van der Waals surface area contributed by atoms with Crippen LogP contribution in [0.5, 0.6) is 0 Å². The number of nitrogens with zero attached hydrogens (tertiary/aromatic N) is 2. The maximum Gasteiger partial charge on any atom is 0.217 e. The monoisotopic (exact) mass is 341 g/mol. The van der Waals surface area contributed by atoms with Crippen molar-refractivity contribution in [1.82, 2.24) is 15.2 Å². The van der Waals surface area contributed by atoms with Crippen molar-refractivity contribution in [3.05, 3.63) is 65.2 Å². The molecule has 25 heavy (non-hydrogen) atoms. The molecule has 3 rings (SSSR count). The van der Waals surface area contributed by atoms with E-state index in [0.717, 1.165) is 37.2 Å². The van der Waals surface area contributed by atoms with E-state index in [9.17, 15) is 9.18 Å². The molecule has 1 unspecified atom stereocenters. The molecule has 1 aromatic heterocycles. The van der Waals surface area contributed by atoms with E-state index in [4.69, 9.17) is 0 Å². The van der Waals surface area contributed by atoms with Crippen molar-refractivity contribution in [3.63, 3.8) is 0 Å². The first kappa shape index (κ1) is 17.5. The molecule has 1 fully saturated rings. The number of carbonyl (C=O) groups is 1.